The van der Waals surface area contributed by atoms with E-state index in [0.29, 0.717) is 27.8 Å². The van der Waals surface area contributed by atoms with Crippen LogP contribution in [-0.2, 0) is 11.2 Å². The lowest BCUT2D eigenvalue weighted by atomic mass is 10.1. The van der Waals surface area contributed by atoms with Gasteiger partial charge in [-0.2, -0.15) is 0 Å². The number of aryl methyl sites for hydroxylation is 1. The summed E-state index contributed by atoms with van der Waals surface area (Å²) in [5.74, 6) is 0. The lowest BCUT2D eigenvalue weighted by Gasteiger charge is -2.14. The molecule has 196 valence electrons. The molecule has 2 aromatic carbocycles. The van der Waals surface area contributed by atoms with Crippen LogP contribution in [0.1, 0.15) is 68.7 Å². The Labute approximate surface area is 225 Å². The van der Waals surface area contributed by atoms with Crippen LogP contribution in [0.3, 0.4) is 0 Å². The smallest absolute Gasteiger partial charge is 0.0915 e. The van der Waals surface area contributed by atoms with E-state index in [4.69, 9.17) is 38.7 Å². The molecule has 0 fully saturated rings. The lowest BCUT2D eigenvalue weighted by molar-refractivity contribution is 0.125. The van der Waals surface area contributed by atoms with E-state index in [1.807, 2.05) is 6.07 Å². The van der Waals surface area contributed by atoms with E-state index in [1.165, 1.54) is 30.3 Å². The highest BCUT2D eigenvalue weighted by Gasteiger charge is 2.11. The minimum atomic E-state index is -0.663. The fourth-order valence-corrected chi connectivity index (χ4v) is 4.68. The van der Waals surface area contributed by atoms with Crippen molar-refractivity contribution in [2.75, 3.05) is 32.0 Å². The van der Waals surface area contributed by atoms with E-state index in [9.17, 15) is 5.11 Å². The summed E-state index contributed by atoms with van der Waals surface area (Å²) >= 11 is 12.1. The Morgan fingerprint density at radius 2 is 1.53 bits per heavy atom. The Hall–Kier alpha value is -1.89. The van der Waals surface area contributed by atoms with E-state index >= 15 is 0 Å². The highest BCUT2D eigenvalue weighted by Crippen LogP contribution is 2.31. The number of benzene rings is 2. The fourth-order valence-electron chi connectivity index (χ4n) is 4.17. The van der Waals surface area contributed by atoms with Gasteiger partial charge in [0.25, 0.3) is 0 Å². The van der Waals surface area contributed by atoms with Crippen molar-refractivity contribution < 1.29 is 9.84 Å². The van der Waals surface area contributed by atoms with Gasteiger partial charge >= 0.3 is 0 Å². The number of nitrogen functional groups attached to an aromatic ring is 1. The van der Waals surface area contributed by atoms with Crippen molar-refractivity contribution >= 4 is 39.8 Å². The van der Waals surface area contributed by atoms with Gasteiger partial charge < -0.3 is 20.9 Å². The van der Waals surface area contributed by atoms with Gasteiger partial charge in [0.2, 0.25) is 0 Å². The van der Waals surface area contributed by atoms with E-state index in [0.717, 1.165) is 63.8 Å². The first-order chi connectivity index (χ1) is 17.5. The number of nitrogens with two attached hydrogens (primary N) is 1. The van der Waals surface area contributed by atoms with Crippen LogP contribution < -0.4 is 11.1 Å². The van der Waals surface area contributed by atoms with E-state index in [-0.39, 0.29) is 0 Å². The van der Waals surface area contributed by atoms with Crippen molar-refractivity contribution in [3.05, 3.63) is 69.8 Å². The quantitative estimate of drug-likeness (QED) is 0.127. The van der Waals surface area contributed by atoms with Gasteiger partial charge in [-0.3, -0.25) is 4.98 Å². The van der Waals surface area contributed by atoms with Crippen LogP contribution in [-0.4, -0.2) is 36.4 Å². The molecule has 1 heterocycles. The maximum atomic E-state index is 10.3. The van der Waals surface area contributed by atoms with Gasteiger partial charge in [-0.1, -0.05) is 73.2 Å². The summed E-state index contributed by atoms with van der Waals surface area (Å²) in [6.07, 6.45) is 9.59. The second-order valence-electron chi connectivity index (χ2n) is 9.30. The lowest BCUT2D eigenvalue weighted by Crippen LogP contribution is -2.22. The number of nitrogens with one attached hydrogen (secondary N) is 1. The number of anilines is 1. The second-order valence-corrected chi connectivity index (χ2v) is 10.1. The van der Waals surface area contributed by atoms with Crippen LogP contribution in [0.2, 0.25) is 10.0 Å². The van der Waals surface area contributed by atoms with Gasteiger partial charge in [0.1, 0.15) is 0 Å². The molecule has 0 amide bonds. The van der Waals surface area contributed by atoms with Gasteiger partial charge in [-0.15, -0.1) is 0 Å². The van der Waals surface area contributed by atoms with Crippen molar-refractivity contribution in [1.82, 2.24) is 10.3 Å². The average Bonchev–Trinajstić information content (AvgIpc) is 2.89. The first kappa shape index (κ1) is 28.7. The summed E-state index contributed by atoms with van der Waals surface area (Å²) in [4.78, 5) is 4.75. The minimum absolute atomic E-state index is 0.344. The topological polar surface area (TPSA) is 80.4 Å². The number of ether oxygens (including phenoxy) is 1. The van der Waals surface area contributed by atoms with Gasteiger partial charge in [-0.25, -0.2) is 0 Å². The van der Waals surface area contributed by atoms with E-state index in [2.05, 4.69) is 35.6 Å². The normalized spacial score (nSPS) is 12.3. The zero-order valence-corrected chi connectivity index (χ0v) is 22.5. The molecular weight excluding hydrogens is 493 g/mol. The molecular formula is C29H39Cl2N3O2. The molecule has 0 aliphatic rings. The number of halogens is 2. The molecule has 1 atom stereocenters. The molecule has 7 heteroatoms. The largest absolute Gasteiger partial charge is 0.396 e. The number of para-hydroxylation sites is 1. The van der Waals surface area contributed by atoms with E-state index in [1.54, 1.807) is 12.1 Å². The molecule has 0 aliphatic carbocycles. The number of pyridine rings is 1. The molecule has 1 unspecified atom stereocenters. The summed E-state index contributed by atoms with van der Waals surface area (Å²) in [6, 6.07) is 15.9. The maximum Gasteiger partial charge on any atom is 0.0915 e. The van der Waals surface area contributed by atoms with Crippen LogP contribution in [0.15, 0.2) is 48.5 Å². The highest BCUT2D eigenvalue weighted by molar-refractivity contribution is 6.38. The first-order valence-electron chi connectivity index (χ1n) is 13.1. The second kappa shape index (κ2) is 16.1. The Morgan fingerprint density at radius 1 is 0.861 bits per heavy atom. The van der Waals surface area contributed by atoms with E-state index < -0.39 is 6.10 Å². The number of unbranched alkanes of at least 4 members (excludes halogenated alkanes) is 6. The van der Waals surface area contributed by atoms with Gasteiger partial charge in [0, 0.05) is 30.8 Å². The molecule has 0 saturated carbocycles. The summed E-state index contributed by atoms with van der Waals surface area (Å²) in [6.45, 7) is 3.01. The fraction of sp³-hybridized carbons (Fsp3) is 0.483. The Balaban J connectivity index is 1.10. The summed E-state index contributed by atoms with van der Waals surface area (Å²) < 4.78 is 5.79. The monoisotopic (exact) mass is 531 g/mol. The van der Waals surface area contributed by atoms with Crippen LogP contribution in [0, 0.1) is 0 Å². The molecule has 0 saturated heterocycles. The maximum absolute atomic E-state index is 10.3. The zero-order chi connectivity index (χ0) is 25.6. The summed E-state index contributed by atoms with van der Waals surface area (Å²) in [5, 5.41) is 15.5. The standard InChI is InChI=1S/C29H39Cl2N3O2/c30-25-19-23(20-26(31)29(25)32)28(35)21-33-16-8-2-4-10-18-36-17-9-3-1-5-12-24-15-14-22-11-6-7-13-27(22)34-24/h6-7,11,13-15,19-20,28,33,35H,1-5,8-10,12,16-18,21,32H2. The number of nitrogens with zero attached hydrogens (tertiary/aromatic N) is 1. The van der Waals surface area contributed by atoms with Crippen molar-refractivity contribution in [3.8, 4) is 0 Å². The van der Waals surface area contributed by atoms with Crippen molar-refractivity contribution in [2.24, 2.45) is 0 Å². The van der Waals surface area contributed by atoms with Crippen LogP contribution in [0.25, 0.3) is 10.9 Å². The molecule has 0 bridgehead atoms. The third-order valence-corrected chi connectivity index (χ3v) is 6.97. The number of fused-ring (bicyclic) bond motifs is 1. The minimum Gasteiger partial charge on any atom is -0.396 e. The SMILES string of the molecule is Nc1c(Cl)cc(C(O)CNCCCCCCOCCCCCCc2ccc3ccccc3n2)cc1Cl. The Kier molecular flexibility index (Phi) is 12.8. The van der Waals surface area contributed by atoms with Crippen molar-refractivity contribution in [1.29, 1.82) is 0 Å². The molecule has 3 rings (SSSR count). The van der Waals surface area contributed by atoms with Crippen LogP contribution in [0.4, 0.5) is 5.69 Å². The predicted molar refractivity (Wildman–Crippen MR) is 152 cm³/mol. The van der Waals surface area contributed by atoms with Crippen LogP contribution >= 0.6 is 23.2 Å². The molecule has 5 nitrogen and oxygen atoms in total. The summed E-state index contributed by atoms with van der Waals surface area (Å²) in [5.41, 5.74) is 9.03. The van der Waals surface area contributed by atoms with Gasteiger partial charge in [0.05, 0.1) is 27.4 Å². The predicted octanol–water partition coefficient (Wildman–Crippen LogP) is 7.13. The molecule has 0 spiro atoms. The number of rotatable bonds is 17. The third kappa shape index (κ3) is 9.87. The third-order valence-electron chi connectivity index (χ3n) is 6.34. The highest BCUT2D eigenvalue weighted by atomic mass is 35.5. The Morgan fingerprint density at radius 3 is 2.28 bits per heavy atom. The molecule has 1 aromatic heterocycles. The van der Waals surface area contributed by atoms with Crippen molar-refractivity contribution in [3.63, 3.8) is 0 Å². The molecule has 0 radical (unpaired) electrons. The summed E-state index contributed by atoms with van der Waals surface area (Å²) in [7, 11) is 0. The number of aliphatic hydroxyl groups is 1. The molecule has 0 aliphatic heterocycles. The first-order valence-corrected chi connectivity index (χ1v) is 13.9. The Bertz CT molecular complexity index is 1040. The number of aliphatic hydroxyl groups excluding tert-OH is 1. The molecule has 4 N–H and O–H groups in total. The van der Waals surface area contributed by atoms with Gasteiger partial charge in [0.15, 0.2) is 0 Å². The average molecular weight is 533 g/mol. The van der Waals surface area contributed by atoms with Crippen molar-refractivity contribution in [2.45, 2.75) is 63.9 Å². The van der Waals surface area contributed by atoms with Gasteiger partial charge in [-0.05, 0) is 68.5 Å². The van der Waals surface area contributed by atoms with Crippen LogP contribution in [0.5, 0.6) is 0 Å². The molecule has 36 heavy (non-hydrogen) atoms. The number of hydrogen-bond donors (Lipinski definition) is 3. The number of hydrogen-bond acceptors (Lipinski definition) is 5. The number of aromatic nitrogens is 1. The molecule has 3 aromatic rings. The zero-order valence-electron chi connectivity index (χ0n) is 21.0.